The van der Waals surface area contributed by atoms with E-state index in [4.69, 9.17) is 4.42 Å². The molecule has 0 radical (unpaired) electrons. The van der Waals surface area contributed by atoms with Crippen LogP contribution in [0, 0.1) is 5.82 Å². The van der Waals surface area contributed by atoms with Gasteiger partial charge < -0.3 is 9.32 Å². The van der Waals surface area contributed by atoms with Crippen LogP contribution in [0.25, 0.3) is 22.2 Å². The number of hydrogen-bond acceptors (Lipinski definition) is 3. The normalized spacial score (nSPS) is 16.4. The fourth-order valence-electron chi connectivity index (χ4n) is 3.95. The van der Waals surface area contributed by atoms with E-state index >= 15 is 0 Å². The molecule has 0 aliphatic carbocycles. The van der Waals surface area contributed by atoms with Crippen molar-refractivity contribution in [1.82, 2.24) is 9.88 Å². The van der Waals surface area contributed by atoms with Crippen molar-refractivity contribution >= 4 is 17.0 Å². The quantitative estimate of drug-likeness (QED) is 0.460. The number of carbonyl (C=O) groups excluding carboxylic acids is 1. The van der Waals surface area contributed by atoms with E-state index in [0.717, 1.165) is 29.5 Å². The average molecular weight is 386 g/mol. The lowest BCUT2D eigenvalue weighted by molar-refractivity contribution is 0.0712. The molecule has 1 fully saturated rings. The number of likely N-dealkylation sites (tertiary alicyclic amines) is 1. The number of halogens is 1. The molecule has 5 heteroatoms. The van der Waals surface area contributed by atoms with Crippen molar-refractivity contribution < 1.29 is 13.6 Å². The summed E-state index contributed by atoms with van der Waals surface area (Å²) in [4.78, 5) is 19.3. The highest BCUT2D eigenvalue weighted by molar-refractivity contribution is 5.95. The first-order valence-electron chi connectivity index (χ1n) is 9.72. The summed E-state index contributed by atoms with van der Waals surface area (Å²) in [6, 6.07) is 21.8. The topological polar surface area (TPSA) is 46.3 Å². The lowest BCUT2D eigenvalue weighted by Gasteiger charge is -2.22. The molecule has 1 aliphatic heterocycles. The van der Waals surface area contributed by atoms with E-state index in [-0.39, 0.29) is 17.5 Å². The zero-order valence-electron chi connectivity index (χ0n) is 15.7. The molecule has 1 aromatic heterocycles. The summed E-state index contributed by atoms with van der Waals surface area (Å²) in [5.41, 5.74) is 3.69. The third-order valence-electron chi connectivity index (χ3n) is 5.41. The zero-order valence-corrected chi connectivity index (χ0v) is 15.7. The maximum Gasteiger partial charge on any atom is 0.257 e. The van der Waals surface area contributed by atoms with E-state index in [1.807, 2.05) is 48.5 Å². The maximum atomic E-state index is 14.1. The Morgan fingerprint density at radius 3 is 2.62 bits per heavy atom. The van der Waals surface area contributed by atoms with E-state index in [0.29, 0.717) is 18.0 Å². The largest absolute Gasteiger partial charge is 0.438 e. The Morgan fingerprint density at radius 1 is 1.00 bits per heavy atom. The summed E-state index contributed by atoms with van der Waals surface area (Å²) in [5, 5.41) is 0. The third kappa shape index (κ3) is 3.18. The van der Waals surface area contributed by atoms with Gasteiger partial charge in [-0.3, -0.25) is 4.79 Å². The average Bonchev–Trinajstić information content (AvgIpc) is 3.40. The summed E-state index contributed by atoms with van der Waals surface area (Å²) in [6.07, 6.45) is 1.58. The van der Waals surface area contributed by atoms with Crippen molar-refractivity contribution in [2.24, 2.45) is 0 Å². The van der Waals surface area contributed by atoms with Gasteiger partial charge in [0.15, 0.2) is 5.58 Å². The smallest absolute Gasteiger partial charge is 0.257 e. The molecule has 4 nitrogen and oxygen atoms in total. The number of fused-ring (bicyclic) bond motifs is 1. The molecule has 1 unspecified atom stereocenters. The van der Waals surface area contributed by atoms with Gasteiger partial charge in [0.05, 0.1) is 5.56 Å². The van der Waals surface area contributed by atoms with E-state index in [1.54, 1.807) is 17.0 Å². The Labute approximate surface area is 167 Å². The number of nitrogens with zero attached hydrogens (tertiary/aromatic N) is 2. The number of benzene rings is 3. The molecule has 3 aromatic carbocycles. The Kier molecular flexibility index (Phi) is 4.35. The van der Waals surface area contributed by atoms with Crippen LogP contribution < -0.4 is 0 Å². The molecule has 5 rings (SSSR count). The molecule has 0 saturated carbocycles. The Morgan fingerprint density at radius 2 is 1.79 bits per heavy atom. The number of hydrogen-bond donors (Lipinski definition) is 0. The van der Waals surface area contributed by atoms with Crippen molar-refractivity contribution in [3.8, 4) is 11.1 Å². The predicted molar refractivity (Wildman–Crippen MR) is 109 cm³/mol. The molecule has 4 aromatic rings. The Balaban J connectivity index is 1.48. The number of rotatable bonds is 3. The fourth-order valence-corrected chi connectivity index (χ4v) is 3.95. The number of aromatic nitrogens is 1. The van der Waals surface area contributed by atoms with Crippen LogP contribution in [0.2, 0.25) is 0 Å². The fraction of sp³-hybridized carbons (Fsp3) is 0.167. The van der Waals surface area contributed by atoms with Crippen LogP contribution >= 0.6 is 0 Å². The van der Waals surface area contributed by atoms with Crippen LogP contribution in [0.5, 0.6) is 0 Å². The number of carbonyl (C=O) groups is 1. The summed E-state index contributed by atoms with van der Waals surface area (Å²) in [6.45, 7) is 0.561. The molecule has 0 N–H and O–H groups in total. The Hall–Kier alpha value is -3.47. The number of amides is 1. The van der Waals surface area contributed by atoms with Crippen LogP contribution in [-0.2, 0) is 0 Å². The minimum atomic E-state index is -0.506. The minimum absolute atomic E-state index is 0.0851. The second-order valence-electron chi connectivity index (χ2n) is 7.24. The van der Waals surface area contributed by atoms with Crippen LogP contribution in [0.15, 0.2) is 77.2 Å². The molecule has 2 heterocycles. The lowest BCUT2D eigenvalue weighted by atomic mass is 10.1. The third-order valence-corrected chi connectivity index (χ3v) is 5.41. The predicted octanol–water partition coefficient (Wildman–Crippen LogP) is 5.61. The lowest BCUT2D eigenvalue weighted by Crippen LogP contribution is -2.31. The van der Waals surface area contributed by atoms with Crippen molar-refractivity contribution in [2.75, 3.05) is 6.54 Å². The van der Waals surface area contributed by atoms with Gasteiger partial charge in [-0.05, 0) is 48.2 Å². The van der Waals surface area contributed by atoms with Gasteiger partial charge in [-0.15, -0.1) is 0 Å². The van der Waals surface area contributed by atoms with Gasteiger partial charge in [-0.2, -0.15) is 0 Å². The zero-order chi connectivity index (χ0) is 19.8. The molecule has 1 aliphatic rings. The Bertz CT molecular complexity index is 1190. The second-order valence-corrected chi connectivity index (χ2v) is 7.24. The highest BCUT2D eigenvalue weighted by Crippen LogP contribution is 2.35. The summed E-state index contributed by atoms with van der Waals surface area (Å²) < 4.78 is 20.1. The van der Waals surface area contributed by atoms with Crippen molar-refractivity contribution in [3.63, 3.8) is 0 Å². The highest BCUT2D eigenvalue weighted by atomic mass is 19.1. The molecular weight excluding hydrogens is 367 g/mol. The summed E-state index contributed by atoms with van der Waals surface area (Å²) in [5.74, 6) is -0.321. The van der Waals surface area contributed by atoms with Gasteiger partial charge in [0.1, 0.15) is 17.4 Å². The van der Waals surface area contributed by atoms with Gasteiger partial charge in [-0.25, -0.2) is 9.37 Å². The van der Waals surface area contributed by atoms with E-state index < -0.39 is 5.82 Å². The van der Waals surface area contributed by atoms with Crippen LogP contribution in [0.4, 0.5) is 4.39 Å². The summed E-state index contributed by atoms with van der Waals surface area (Å²) in [7, 11) is 0. The molecule has 29 heavy (non-hydrogen) atoms. The summed E-state index contributed by atoms with van der Waals surface area (Å²) >= 11 is 0. The molecule has 144 valence electrons. The molecule has 1 atom stereocenters. The van der Waals surface area contributed by atoms with E-state index in [1.165, 1.54) is 12.1 Å². The SMILES string of the molecule is O=C(c1ccccc1F)N1CCCC1c1nc2cc(-c3ccccc3)ccc2o1. The van der Waals surface area contributed by atoms with Crippen molar-refractivity contribution in [3.05, 3.63) is 90.1 Å². The molecular formula is C24H19FN2O2. The van der Waals surface area contributed by atoms with E-state index in [2.05, 4.69) is 4.98 Å². The first-order valence-corrected chi connectivity index (χ1v) is 9.72. The highest BCUT2D eigenvalue weighted by Gasteiger charge is 2.34. The van der Waals surface area contributed by atoms with Gasteiger partial charge in [0.2, 0.25) is 5.89 Å². The first kappa shape index (κ1) is 17.6. The van der Waals surface area contributed by atoms with Gasteiger partial charge in [0.25, 0.3) is 5.91 Å². The van der Waals surface area contributed by atoms with Crippen molar-refractivity contribution in [1.29, 1.82) is 0 Å². The molecule has 0 spiro atoms. The molecule has 0 bridgehead atoms. The number of oxazole rings is 1. The molecule has 1 amide bonds. The monoisotopic (exact) mass is 386 g/mol. The van der Waals surface area contributed by atoms with E-state index in [9.17, 15) is 9.18 Å². The van der Waals surface area contributed by atoms with Gasteiger partial charge >= 0.3 is 0 Å². The van der Waals surface area contributed by atoms with Crippen LogP contribution in [-0.4, -0.2) is 22.3 Å². The van der Waals surface area contributed by atoms with Crippen LogP contribution in [0.1, 0.15) is 35.1 Å². The van der Waals surface area contributed by atoms with Crippen molar-refractivity contribution in [2.45, 2.75) is 18.9 Å². The standard InChI is InChI=1S/C24H19FN2O2/c25-19-10-5-4-9-18(19)24(28)27-14-6-11-21(27)23-26-20-15-17(12-13-22(20)29-23)16-7-2-1-3-8-16/h1-5,7-10,12-13,15,21H,6,11,14H2. The van der Waals surface area contributed by atoms with Gasteiger partial charge in [-0.1, -0.05) is 48.5 Å². The van der Waals surface area contributed by atoms with Gasteiger partial charge in [0, 0.05) is 6.54 Å². The second kappa shape index (κ2) is 7.17. The minimum Gasteiger partial charge on any atom is -0.438 e. The van der Waals surface area contributed by atoms with Crippen LogP contribution in [0.3, 0.4) is 0 Å². The first-order chi connectivity index (χ1) is 14.2. The molecule has 1 saturated heterocycles. The maximum absolute atomic E-state index is 14.1.